The Hall–Kier alpha value is -1.89. The average Bonchev–Trinajstić information content (AvgIpc) is 2.66. The Labute approximate surface area is 170 Å². The van der Waals surface area contributed by atoms with Gasteiger partial charge in [0.25, 0.3) is 6.48 Å². The molecule has 0 heterocycles. The van der Waals surface area contributed by atoms with Gasteiger partial charge in [-0.25, -0.2) is 13.2 Å². The quantitative estimate of drug-likeness (QED) is 0.322. The average molecular weight is 410 g/mol. The summed E-state index contributed by atoms with van der Waals surface area (Å²) in [6.07, 6.45) is 7.93. The van der Waals surface area contributed by atoms with Crippen molar-refractivity contribution in [1.29, 1.82) is 0 Å². The van der Waals surface area contributed by atoms with Crippen molar-refractivity contribution in [1.82, 2.24) is 0 Å². The zero-order chi connectivity index (χ0) is 21.2. The highest BCUT2D eigenvalue weighted by Crippen LogP contribution is 2.30. The summed E-state index contributed by atoms with van der Waals surface area (Å²) in [7, 11) is 0. The molecule has 0 spiro atoms. The zero-order valence-corrected chi connectivity index (χ0v) is 16.7. The van der Waals surface area contributed by atoms with E-state index in [0.29, 0.717) is 24.1 Å². The van der Waals surface area contributed by atoms with Gasteiger partial charge >= 0.3 is 0 Å². The number of rotatable bonds is 12. The molecule has 3 nitrogen and oxygen atoms in total. The highest BCUT2D eigenvalue weighted by Gasteiger charge is 2.17. The second kappa shape index (κ2) is 12.0. The molecule has 0 bridgehead atoms. The largest absolute Gasteiger partial charge is 0.346 e. The van der Waals surface area contributed by atoms with Gasteiger partial charge in [0, 0.05) is 12.1 Å². The number of aliphatic hydroxyl groups is 2. The van der Waals surface area contributed by atoms with Crippen LogP contribution in [0, 0.1) is 17.5 Å². The molecule has 6 heteroatoms. The Morgan fingerprint density at radius 2 is 1.38 bits per heavy atom. The van der Waals surface area contributed by atoms with Crippen LogP contribution < -0.4 is 0 Å². The molecule has 2 N–H and O–H groups in total. The molecule has 2 rings (SSSR count). The minimum atomic E-state index is -1.91. The first kappa shape index (κ1) is 23.4. The van der Waals surface area contributed by atoms with Gasteiger partial charge in [0.05, 0.1) is 11.7 Å². The highest BCUT2D eigenvalue weighted by molar-refractivity contribution is 5.65. The lowest BCUT2D eigenvalue weighted by atomic mass is 9.98. The maximum absolute atomic E-state index is 14.0. The number of benzene rings is 2. The zero-order valence-electron chi connectivity index (χ0n) is 16.7. The minimum absolute atomic E-state index is 0.267. The van der Waals surface area contributed by atoms with Crippen LogP contribution in [0.25, 0.3) is 11.1 Å². The fraction of sp³-hybridized carbons (Fsp3) is 0.478. The SMILES string of the molecule is CCCCCCCCCC(OC(O)O)c1ccc(-c2c(F)cc(F)cc2F)cc1. The molecule has 1 unspecified atom stereocenters. The van der Waals surface area contributed by atoms with Crippen molar-refractivity contribution in [2.45, 2.75) is 70.9 Å². The van der Waals surface area contributed by atoms with E-state index < -0.39 is 30.0 Å². The smallest absolute Gasteiger partial charge is 0.267 e. The first-order valence-electron chi connectivity index (χ1n) is 10.2. The maximum Gasteiger partial charge on any atom is 0.267 e. The lowest BCUT2D eigenvalue weighted by Crippen LogP contribution is -2.15. The fourth-order valence-electron chi connectivity index (χ4n) is 3.43. The predicted molar refractivity (Wildman–Crippen MR) is 106 cm³/mol. The van der Waals surface area contributed by atoms with Gasteiger partial charge in [0.2, 0.25) is 0 Å². The van der Waals surface area contributed by atoms with E-state index in [1.807, 2.05) is 0 Å². The van der Waals surface area contributed by atoms with E-state index >= 15 is 0 Å². The topological polar surface area (TPSA) is 49.7 Å². The molecular weight excluding hydrogens is 381 g/mol. The molecule has 0 amide bonds. The van der Waals surface area contributed by atoms with Crippen LogP contribution in [0.4, 0.5) is 13.2 Å². The Balaban J connectivity index is 2.03. The van der Waals surface area contributed by atoms with Crippen LogP contribution >= 0.6 is 0 Å². The van der Waals surface area contributed by atoms with E-state index in [9.17, 15) is 23.4 Å². The van der Waals surface area contributed by atoms with Crippen molar-refractivity contribution in [3.8, 4) is 11.1 Å². The first-order chi connectivity index (χ1) is 13.9. The van der Waals surface area contributed by atoms with Crippen molar-refractivity contribution in [2.24, 2.45) is 0 Å². The summed E-state index contributed by atoms with van der Waals surface area (Å²) >= 11 is 0. The lowest BCUT2D eigenvalue weighted by molar-refractivity contribution is -0.259. The van der Waals surface area contributed by atoms with Gasteiger partial charge in [-0.05, 0) is 17.5 Å². The van der Waals surface area contributed by atoms with Crippen molar-refractivity contribution in [3.63, 3.8) is 0 Å². The summed E-state index contributed by atoms with van der Waals surface area (Å²) in [5.41, 5.74) is 0.642. The molecule has 2 aromatic carbocycles. The highest BCUT2D eigenvalue weighted by atomic mass is 19.1. The Kier molecular flexibility index (Phi) is 9.64. The number of unbranched alkanes of at least 4 members (excludes halogenated alkanes) is 6. The summed E-state index contributed by atoms with van der Waals surface area (Å²) in [5, 5.41) is 18.4. The van der Waals surface area contributed by atoms with Gasteiger partial charge in [0.1, 0.15) is 17.5 Å². The minimum Gasteiger partial charge on any atom is -0.346 e. The lowest BCUT2D eigenvalue weighted by Gasteiger charge is -2.20. The summed E-state index contributed by atoms with van der Waals surface area (Å²) < 4.78 is 46.3. The third-order valence-corrected chi connectivity index (χ3v) is 4.93. The second-order valence-electron chi connectivity index (χ2n) is 7.23. The van der Waals surface area contributed by atoms with Crippen LogP contribution in [-0.2, 0) is 4.74 Å². The molecule has 0 aliphatic heterocycles. The van der Waals surface area contributed by atoms with Crippen molar-refractivity contribution in [2.75, 3.05) is 0 Å². The van der Waals surface area contributed by atoms with Gasteiger partial charge < -0.3 is 14.9 Å². The van der Waals surface area contributed by atoms with Crippen LogP contribution in [-0.4, -0.2) is 16.7 Å². The fourth-order valence-corrected chi connectivity index (χ4v) is 3.43. The van der Waals surface area contributed by atoms with Crippen molar-refractivity contribution < 1.29 is 28.1 Å². The second-order valence-corrected chi connectivity index (χ2v) is 7.23. The number of hydrogen-bond donors (Lipinski definition) is 2. The summed E-state index contributed by atoms with van der Waals surface area (Å²) in [4.78, 5) is 0. The number of ether oxygens (including phenoxy) is 1. The van der Waals surface area contributed by atoms with E-state index in [-0.39, 0.29) is 11.1 Å². The monoisotopic (exact) mass is 410 g/mol. The molecule has 0 saturated heterocycles. The maximum atomic E-state index is 14.0. The first-order valence-corrected chi connectivity index (χ1v) is 10.2. The predicted octanol–water partition coefficient (Wildman–Crippen LogP) is 6.24. The molecule has 29 heavy (non-hydrogen) atoms. The molecule has 2 aromatic rings. The molecular formula is C23H29F3O3. The third-order valence-electron chi connectivity index (χ3n) is 4.93. The third kappa shape index (κ3) is 7.46. The standard InChI is InChI=1S/C23H29F3O3/c1-2-3-4-5-6-7-8-9-21(29-23(27)28)16-10-12-17(13-11-16)22-19(25)14-18(24)15-20(22)26/h10-15,21,23,27-28H,2-9H2,1H3. The Morgan fingerprint density at radius 1 is 0.828 bits per heavy atom. The van der Waals surface area contributed by atoms with E-state index in [1.54, 1.807) is 12.1 Å². The number of hydrogen-bond acceptors (Lipinski definition) is 3. The van der Waals surface area contributed by atoms with Gasteiger partial charge in [-0.15, -0.1) is 0 Å². The van der Waals surface area contributed by atoms with Gasteiger partial charge in [-0.2, -0.15) is 0 Å². The normalized spacial score (nSPS) is 12.5. The summed E-state index contributed by atoms with van der Waals surface area (Å²) in [6.45, 7) is 0.267. The summed E-state index contributed by atoms with van der Waals surface area (Å²) in [5.74, 6) is -2.92. The molecule has 0 aromatic heterocycles. The van der Waals surface area contributed by atoms with Gasteiger partial charge in [-0.1, -0.05) is 76.1 Å². The number of aliphatic hydroxyl groups excluding tert-OH is 1. The molecule has 0 radical (unpaired) electrons. The Bertz CT molecular complexity index is 725. The molecule has 0 saturated carbocycles. The van der Waals surface area contributed by atoms with Crippen LogP contribution in [0.15, 0.2) is 36.4 Å². The molecule has 0 aliphatic rings. The Morgan fingerprint density at radius 3 is 1.93 bits per heavy atom. The summed E-state index contributed by atoms with van der Waals surface area (Å²) in [6, 6.07) is 7.57. The van der Waals surface area contributed by atoms with Crippen LogP contribution in [0.3, 0.4) is 0 Å². The van der Waals surface area contributed by atoms with Gasteiger partial charge in [-0.3, -0.25) is 0 Å². The van der Waals surface area contributed by atoms with Crippen molar-refractivity contribution in [3.05, 3.63) is 59.4 Å². The molecule has 0 aliphatic carbocycles. The van der Waals surface area contributed by atoms with Crippen LogP contribution in [0.2, 0.25) is 0 Å². The van der Waals surface area contributed by atoms with Crippen molar-refractivity contribution >= 4 is 0 Å². The van der Waals surface area contributed by atoms with Crippen LogP contribution in [0.5, 0.6) is 0 Å². The van der Waals surface area contributed by atoms with Crippen LogP contribution in [0.1, 0.15) is 70.0 Å². The molecule has 1 atom stereocenters. The van der Waals surface area contributed by atoms with Gasteiger partial charge in [0.15, 0.2) is 0 Å². The van der Waals surface area contributed by atoms with E-state index in [0.717, 1.165) is 19.3 Å². The molecule has 0 fully saturated rings. The van der Waals surface area contributed by atoms with E-state index in [1.165, 1.54) is 37.8 Å². The van der Waals surface area contributed by atoms with E-state index in [4.69, 9.17) is 4.74 Å². The molecule has 160 valence electrons. The van der Waals surface area contributed by atoms with E-state index in [2.05, 4.69) is 6.92 Å². The number of halogens is 3.